The van der Waals surface area contributed by atoms with Crippen LogP contribution in [0.15, 0.2) is 17.1 Å². The highest BCUT2D eigenvalue weighted by Crippen LogP contribution is 1.85. The van der Waals surface area contributed by atoms with Crippen molar-refractivity contribution in [3.05, 3.63) is 17.1 Å². The molecule has 1 heterocycles. The molecule has 1 aromatic rings. The van der Waals surface area contributed by atoms with Crippen LogP contribution in [0.1, 0.15) is 0 Å². The summed E-state index contributed by atoms with van der Waals surface area (Å²) >= 11 is 1.60. The lowest BCUT2D eigenvalue weighted by Gasteiger charge is -1.41. The Kier molecular flexibility index (Phi) is 4.36. The molecule has 36 valence electrons. The summed E-state index contributed by atoms with van der Waals surface area (Å²) in [6, 6.07) is 0. The molecule has 0 spiro atoms. The Hall–Kier alpha value is -0.950. The van der Waals surface area contributed by atoms with Gasteiger partial charge in [0.15, 0.2) is 0 Å². The van der Waals surface area contributed by atoms with Crippen LogP contribution < -0.4 is 0 Å². The van der Waals surface area contributed by atoms with Crippen molar-refractivity contribution in [2.45, 2.75) is 0 Å². The second-order valence-corrected chi connectivity index (χ2v) is 1.43. The molecule has 4 heteroatoms. The Bertz CT molecular complexity index is 93.8. The van der Waals surface area contributed by atoms with Gasteiger partial charge in [-0.25, -0.2) is 0 Å². The van der Waals surface area contributed by atoms with Crippen molar-refractivity contribution in [2.24, 2.45) is 0 Å². The minimum Gasteiger partial charge on any atom is -0.253 e. The van der Waals surface area contributed by atoms with Gasteiger partial charge in [0.25, 0.3) is 0 Å². The van der Waals surface area contributed by atoms with Crippen LogP contribution in [0.3, 0.4) is 0 Å². The Morgan fingerprint density at radius 2 is 2.14 bits per heavy atom. The molecule has 0 aromatic carbocycles. The third-order valence-electron chi connectivity index (χ3n) is 0.347. The van der Waals surface area contributed by atoms with Crippen molar-refractivity contribution < 1.29 is 0 Å². The molecule has 0 saturated heterocycles. The summed E-state index contributed by atoms with van der Waals surface area (Å²) in [6.45, 7) is 0. The van der Waals surface area contributed by atoms with Crippen molar-refractivity contribution in [1.29, 1.82) is 10.8 Å². The fourth-order valence-corrected chi connectivity index (χ4v) is 0.527. The van der Waals surface area contributed by atoms with Crippen LogP contribution in [0.2, 0.25) is 0 Å². The third-order valence-corrected chi connectivity index (χ3v) is 0.869. The summed E-state index contributed by atoms with van der Waals surface area (Å²) in [5.41, 5.74) is 1.79. The predicted molar refractivity (Wildman–Crippen MR) is 25.6 cm³/mol. The lowest BCUT2D eigenvalue weighted by Crippen LogP contribution is -1.38. The highest BCUT2D eigenvalue weighted by Gasteiger charge is 1.59. The molecule has 1 aromatic heterocycles. The highest BCUT2D eigenvalue weighted by molar-refractivity contribution is 7.07. The van der Waals surface area contributed by atoms with Gasteiger partial charge in [0, 0.05) is 22.4 Å². The maximum atomic E-state index is 6.00. The number of thiazole rings is 1. The van der Waals surface area contributed by atoms with Crippen LogP contribution in [0.4, 0.5) is 0 Å². The SMILES string of the molecule is N#N.c1cscn1. The van der Waals surface area contributed by atoms with E-state index in [0.29, 0.717) is 0 Å². The molecule has 0 saturated carbocycles. The molecule has 0 amide bonds. The van der Waals surface area contributed by atoms with Gasteiger partial charge in [-0.15, -0.1) is 11.3 Å². The summed E-state index contributed by atoms with van der Waals surface area (Å²) in [4.78, 5) is 3.74. The van der Waals surface area contributed by atoms with Crippen LogP contribution in [-0.2, 0) is 0 Å². The van der Waals surface area contributed by atoms with E-state index in [2.05, 4.69) is 4.98 Å². The minimum absolute atomic E-state index is 1.60. The first kappa shape index (κ1) is 6.05. The summed E-state index contributed by atoms with van der Waals surface area (Å²) < 4.78 is 0. The average molecular weight is 113 g/mol. The van der Waals surface area contributed by atoms with E-state index in [9.17, 15) is 0 Å². The average Bonchev–Trinajstić information content (AvgIpc) is 2.23. The van der Waals surface area contributed by atoms with E-state index in [1.165, 1.54) is 0 Å². The van der Waals surface area contributed by atoms with Crippen LogP contribution >= 0.6 is 11.3 Å². The van der Waals surface area contributed by atoms with Crippen LogP contribution in [0, 0.1) is 10.8 Å². The van der Waals surface area contributed by atoms with E-state index in [4.69, 9.17) is 10.8 Å². The first-order valence-corrected chi connectivity index (χ1v) is 2.46. The quantitative estimate of drug-likeness (QED) is 0.474. The normalized spacial score (nSPS) is 6.00. The summed E-state index contributed by atoms with van der Waals surface area (Å²) in [7, 11) is 0. The first-order valence-electron chi connectivity index (χ1n) is 1.52. The van der Waals surface area contributed by atoms with E-state index in [-0.39, 0.29) is 0 Å². The standard InChI is InChI=1S/C3H3NS.N2/c1-2-5-3-4-1;1-2/h1-3H;. The Labute approximate surface area is 45.0 Å². The molecule has 0 radical (unpaired) electrons. The molecule has 0 bridgehead atoms. The van der Waals surface area contributed by atoms with E-state index >= 15 is 0 Å². The predicted octanol–water partition coefficient (Wildman–Crippen LogP) is 1.17. The van der Waals surface area contributed by atoms with Gasteiger partial charge >= 0.3 is 0 Å². The monoisotopic (exact) mass is 113 g/mol. The molecule has 0 N–H and O–H groups in total. The van der Waals surface area contributed by atoms with Crippen molar-refractivity contribution in [1.82, 2.24) is 4.98 Å². The highest BCUT2D eigenvalue weighted by atomic mass is 32.1. The summed E-state index contributed by atoms with van der Waals surface area (Å²) in [5, 5.41) is 13.9. The van der Waals surface area contributed by atoms with Gasteiger partial charge in [0.05, 0.1) is 5.51 Å². The zero-order valence-electron chi connectivity index (χ0n) is 3.48. The van der Waals surface area contributed by atoms with E-state index in [1.807, 2.05) is 5.38 Å². The third kappa shape index (κ3) is 2.86. The largest absolute Gasteiger partial charge is 0.253 e. The fraction of sp³-hybridized carbons (Fsp3) is 0. The fourth-order valence-electron chi connectivity index (χ4n) is 0.176. The second kappa shape index (κ2) is 5.05. The van der Waals surface area contributed by atoms with Crippen molar-refractivity contribution in [2.75, 3.05) is 0 Å². The summed E-state index contributed by atoms with van der Waals surface area (Å²) in [5.74, 6) is 0. The van der Waals surface area contributed by atoms with Crippen molar-refractivity contribution in [3.63, 3.8) is 0 Å². The van der Waals surface area contributed by atoms with Gasteiger partial charge in [-0.05, 0) is 0 Å². The molecule has 1 rings (SSSR count). The van der Waals surface area contributed by atoms with Crippen LogP contribution in [0.5, 0.6) is 0 Å². The first-order chi connectivity index (χ1) is 3.50. The van der Waals surface area contributed by atoms with Crippen LogP contribution in [0.25, 0.3) is 0 Å². The molecular formula is C3H3N3S. The Balaban J connectivity index is 0.000000162. The number of hydrogen-bond acceptors (Lipinski definition) is 4. The van der Waals surface area contributed by atoms with E-state index in [1.54, 1.807) is 23.0 Å². The van der Waals surface area contributed by atoms with E-state index in [0.717, 1.165) is 0 Å². The lowest BCUT2D eigenvalue weighted by molar-refractivity contribution is 1.15. The topological polar surface area (TPSA) is 60.5 Å². The summed E-state index contributed by atoms with van der Waals surface area (Å²) in [6.07, 6.45) is 1.77. The van der Waals surface area contributed by atoms with Gasteiger partial charge in [0.2, 0.25) is 0 Å². The molecule has 7 heavy (non-hydrogen) atoms. The molecule has 3 nitrogen and oxygen atoms in total. The number of rotatable bonds is 0. The zero-order chi connectivity index (χ0) is 5.54. The number of aromatic nitrogens is 1. The van der Waals surface area contributed by atoms with Gasteiger partial charge in [0.1, 0.15) is 0 Å². The molecular weight excluding hydrogens is 110 g/mol. The van der Waals surface area contributed by atoms with Crippen LogP contribution in [-0.4, -0.2) is 4.98 Å². The molecule has 0 aliphatic heterocycles. The number of hydrogen-bond donors (Lipinski definition) is 0. The van der Waals surface area contributed by atoms with Gasteiger partial charge in [-0.3, -0.25) is 4.98 Å². The molecule has 0 unspecified atom stereocenters. The van der Waals surface area contributed by atoms with Crippen molar-refractivity contribution in [3.8, 4) is 0 Å². The molecule has 0 aliphatic rings. The lowest BCUT2D eigenvalue weighted by atomic mass is 11.0. The van der Waals surface area contributed by atoms with Gasteiger partial charge in [-0.2, -0.15) is 0 Å². The van der Waals surface area contributed by atoms with Gasteiger partial charge in [-0.1, -0.05) is 0 Å². The zero-order valence-corrected chi connectivity index (χ0v) is 4.30. The van der Waals surface area contributed by atoms with E-state index < -0.39 is 0 Å². The number of nitrogens with zero attached hydrogens (tertiary/aromatic N) is 3. The Morgan fingerprint density at radius 1 is 1.43 bits per heavy atom. The maximum absolute atomic E-state index is 6.00. The Morgan fingerprint density at radius 3 is 2.29 bits per heavy atom. The molecule has 0 fully saturated rings. The minimum atomic E-state index is 1.60. The smallest absolute Gasteiger partial charge is 0.0791 e. The van der Waals surface area contributed by atoms with Crippen molar-refractivity contribution >= 4 is 11.3 Å². The molecule has 0 aliphatic carbocycles. The molecule has 0 atom stereocenters. The maximum Gasteiger partial charge on any atom is 0.0791 e. The van der Waals surface area contributed by atoms with Gasteiger partial charge < -0.3 is 0 Å². The second-order valence-electron chi connectivity index (χ2n) is 0.676.